The SMILES string of the molecule is Cc1ccc(S(=O)(=O)NCC(C)C(C)C)c2c1NCCC2. The van der Waals surface area contributed by atoms with Gasteiger partial charge in [-0.25, -0.2) is 13.1 Å². The van der Waals surface area contributed by atoms with Crippen LogP contribution in [0, 0.1) is 18.8 Å². The lowest BCUT2D eigenvalue weighted by molar-refractivity contribution is 0.414. The Labute approximate surface area is 128 Å². The number of aryl methyl sites for hydroxylation is 1. The Kier molecular flexibility index (Phi) is 4.94. The number of anilines is 1. The van der Waals surface area contributed by atoms with Gasteiger partial charge in [-0.3, -0.25) is 0 Å². The van der Waals surface area contributed by atoms with Crippen molar-refractivity contribution in [2.75, 3.05) is 18.4 Å². The van der Waals surface area contributed by atoms with Crippen LogP contribution >= 0.6 is 0 Å². The number of sulfonamides is 1. The molecule has 2 rings (SSSR count). The van der Waals surface area contributed by atoms with Gasteiger partial charge in [-0.1, -0.05) is 26.8 Å². The molecule has 1 aromatic rings. The van der Waals surface area contributed by atoms with Gasteiger partial charge in [-0.2, -0.15) is 0 Å². The van der Waals surface area contributed by atoms with Crippen molar-refractivity contribution in [3.63, 3.8) is 0 Å². The summed E-state index contributed by atoms with van der Waals surface area (Å²) in [5, 5.41) is 3.33. The molecule has 1 aliphatic heterocycles. The van der Waals surface area contributed by atoms with E-state index in [1.807, 2.05) is 13.0 Å². The first-order chi connectivity index (χ1) is 9.83. The van der Waals surface area contributed by atoms with Crippen molar-refractivity contribution >= 4 is 15.7 Å². The van der Waals surface area contributed by atoms with E-state index in [2.05, 4.69) is 30.8 Å². The Hall–Kier alpha value is -1.07. The third-order valence-corrected chi connectivity index (χ3v) is 5.91. The monoisotopic (exact) mass is 310 g/mol. The molecule has 1 heterocycles. The summed E-state index contributed by atoms with van der Waals surface area (Å²) in [6.45, 7) is 9.69. The molecule has 1 aromatic carbocycles. The highest BCUT2D eigenvalue weighted by Gasteiger charge is 2.24. The van der Waals surface area contributed by atoms with Gasteiger partial charge in [-0.05, 0) is 48.8 Å². The number of fused-ring (bicyclic) bond motifs is 1. The molecule has 0 bridgehead atoms. The lowest BCUT2D eigenvalue weighted by Crippen LogP contribution is -2.31. The van der Waals surface area contributed by atoms with Gasteiger partial charge in [0.2, 0.25) is 10.0 Å². The third-order valence-electron chi connectivity index (χ3n) is 4.41. The molecule has 1 unspecified atom stereocenters. The number of rotatable bonds is 5. The fourth-order valence-corrected chi connectivity index (χ4v) is 3.94. The first-order valence-corrected chi connectivity index (χ1v) is 9.17. The summed E-state index contributed by atoms with van der Waals surface area (Å²) in [7, 11) is -3.44. The molecule has 118 valence electrons. The fraction of sp³-hybridized carbons (Fsp3) is 0.625. The zero-order valence-corrected chi connectivity index (χ0v) is 14.2. The van der Waals surface area contributed by atoms with E-state index in [9.17, 15) is 8.42 Å². The van der Waals surface area contributed by atoms with Gasteiger partial charge in [0, 0.05) is 18.8 Å². The van der Waals surface area contributed by atoms with Gasteiger partial charge in [-0.15, -0.1) is 0 Å². The predicted octanol–water partition coefficient (Wildman–Crippen LogP) is 2.92. The van der Waals surface area contributed by atoms with E-state index in [1.165, 1.54) is 0 Å². The van der Waals surface area contributed by atoms with Crippen molar-refractivity contribution in [3.8, 4) is 0 Å². The van der Waals surface area contributed by atoms with Crippen molar-refractivity contribution < 1.29 is 8.42 Å². The Morgan fingerprint density at radius 2 is 2.00 bits per heavy atom. The molecule has 0 aromatic heterocycles. The zero-order valence-electron chi connectivity index (χ0n) is 13.4. The summed E-state index contributed by atoms with van der Waals surface area (Å²) in [5.74, 6) is 0.778. The minimum absolute atomic E-state index is 0.319. The molecule has 0 aliphatic carbocycles. The molecule has 2 N–H and O–H groups in total. The van der Waals surface area contributed by atoms with Gasteiger partial charge < -0.3 is 5.32 Å². The second-order valence-electron chi connectivity index (χ2n) is 6.34. The van der Waals surface area contributed by atoms with E-state index in [-0.39, 0.29) is 0 Å². The normalized spacial score (nSPS) is 16.4. The second kappa shape index (κ2) is 6.36. The Bertz CT molecular complexity index is 609. The van der Waals surface area contributed by atoms with Crippen molar-refractivity contribution in [2.24, 2.45) is 11.8 Å². The van der Waals surface area contributed by atoms with E-state index >= 15 is 0 Å². The highest BCUT2D eigenvalue weighted by Crippen LogP contribution is 2.31. The predicted molar refractivity (Wildman–Crippen MR) is 87.2 cm³/mol. The smallest absolute Gasteiger partial charge is 0.240 e. The van der Waals surface area contributed by atoms with Crippen molar-refractivity contribution in [3.05, 3.63) is 23.3 Å². The summed E-state index contributed by atoms with van der Waals surface area (Å²) >= 11 is 0. The van der Waals surface area contributed by atoms with E-state index in [0.717, 1.165) is 36.2 Å². The van der Waals surface area contributed by atoms with Crippen LogP contribution in [0.1, 0.15) is 38.3 Å². The number of nitrogens with one attached hydrogen (secondary N) is 2. The van der Waals surface area contributed by atoms with E-state index < -0.39 is 10.0 Å². The molecule has 21 heavy (non-hydrogen) atoms. The molecule has 0 fully saturated rings. The highest BCUT2D eigenvalue weighted by molar-refractivity contribution is 7.89. The van der Waals surface area contributed by atoms with Crippen LogP contribution in [0.3, 0.4) is 0 Å². The number of hydrogen-bond acceptors (Lipinski definition) is 3. The van der Waals surface area contributed by atoms with E-state index in [1.54, 1.807) is 6.07 Å². The average molecular weight is 310 g/mol. The summed E-state index contributed by atoms with van der Waals surface area (Å²) in [5.41, 5.74) is 3.05. The second-order valence-corrected chi connectivity index (χ2v) is 8.07. The topological polar surface area (TPSA) is 58.2 Å². The van der Waals surface area contributed by atoms with Crippen LogP contribution in [0.2, 0.25) is 0 Å². The molecule has 1 atom stereocenters. The first kappa shape index (κ1) is 16.3. The molecule has 4 nitrogen and oxygen atoms in total. The summed E-state index contributed by atoms with van der Waals surface area (Å²) in [6.07, 6.45) is 1.79. The Morgan fingerprint density at radius 3 is 2.67 bits per heavy atom. The summed E-state index contributed by atoms with van der Waals surface area (Å²) < 4.78 is 28.0. The van der Waals surface area contributed by atoms with Crippen LogP contribution in [0.5, 0.6) is 0 Å². The molecule has 0 saturated carbocycles. The molecule has 0 amide bonds. The van der Waals surface area contributed by atoms with Gasteiger partial charge in [0.25, 0.3) is 0 Å². The summed E-state index contributed by atoms with van der Waals surface area (Å²) in [4.78, 5) is 0.436. The lowest BCUT2D eigenvalue weighted by Gasteiger charge is -2.23. The number of hydrogen-bond donors (Lipinski definition) is 2. The Morgan fingerprint density at radius 1 is 1.29 bits per heavy atom. The molecule has 0 spiro atoms. The van der Waals surface area contributed by atoms with Crippen LogP contribution in [0.4, 0.5) is 5.69 Å². The average Bonchev–Trinajstić information content (AvgIpc) is 2.45. The molecule has 5 heteroatoms. The Balaban J connectivity index is 2.28. The fourth-order valence-electron chi connectivity index (χ4n) is 2.53. The van der Waals surface area contributed by atoms with Crippen LogP contribution < -0.4 is 10.0 Å². The largest absolute Gasteiger partial charge is 0.385 e. The number of benzene rings is 1. The van der Waals surface area contributed by atoms with Crippen LogP contribution in [0.25, 0.3) is 0 Å². The molecule has 0 saturated heterocycles. The maximum absolute atomic E-state index is 12.6. The zero-order chi connectivity index (χ0) is 15.6. The van der Waals surface area contributed by atoms with Crippen LogP contribution in [-0.2, 0) is 16.4 Å². The maximum atomic E-state index is 12.6. The molecule has 0 radical (unpaired) electrons. The first-order valence-electron chi connectivity index (χ1n) is 7.69. The maximum Gasteiger partial charge on any atom is 0.240 e. The molecular weight excluding hydrogens is 284 g/mol. The minimum Gasteiger partial charge on any atom is -0.385 e. The van der Waals surface area contributed by atoms with Gasteiger partial charge in [0.05, 0.1) is 4.90 Å². The van der Waals surface area contributed by atoms with Gasteiger partial charge in [0.15, 0.2) is 0 Å². The summed E-state index contributed by atoms with van der Waals surface area (Å²) in [6, 6.07) is 3.63. The molecular formula is C16H26N2O2S. The van der Waals surface area contributed by atoms with Crippen molar-refractivity contribution in [1.82, 2.24) is 4.72 Å². The van der Waals surface area contributed by atoms with E-state index in [4.69, 9.17) is 0 Å². The van der Waals surface area contributed by atoms with Gasteiger partial charge >= 0.3 is 0 Å². The standard InChI is InChI=1S/C16H26N2O2S/c1-11(2)13(4)10-18-21(19,20)15-8-7-12(3)16-14(15)6-5-9-17-16/h7-8,11,13,17-18H,5-6,9-10H2,1-4H3. The van der Waals surface area contributed by atoms with Crippen molar-refractivity contribution in [2.45, 2.75) is 45.4 Å². The van der Waals surface area contributed by atoms with Crippen LogP contribution in [0.15, 0.2) is 17.0 Å². The minimum atomic E-state index is -3.44. The third kappa shape index (κ3) is 3.58. The van der Waals surface area contributed by atoms with E-state index in [0.29, 0.717) is 23.3 Å². The highest BCUT2D eigenvalue weighted by atomic mass is 32.2. The van der Waals surface area contributed by atoms with Crippen LogP contribution in [-0.4, -0.2) is 21.5 Å². The molecule has 1 aliphatic rings. The van der Waals surface area contributed by atoms with Crippen molar-refractivity contribution in [1.29, 1.82) is 0 Å². The quantitative estimate of drug-likeness (QED) is 0.879. The lowest BCUT2D eigenvalue weighted by atomic mass is 9.99. The van der Waals surface area contributed by atoms with Gasteiger partial charge in [0.1, 0.15) is 0 Å².